The lowest BCUT2D eigenvalue weighted by atomic mass is 10.0. The van der Waals surface area contributed by atoms with Gasteiger partial charge in [-0.05, 0) is 35.4 Å². The Morgan fingerprint density at radius 1 is 0.955 bits per heavy atom. The van der Waals surface area contributed by atoms with Gasteiger partial charge < -0.3 is 24.6 Å². The van der Waals surface area contributed by atoms with Crippen LogP contribution in [0.2, 0.25) is 15.2 Å². The monoisotopic (exact) mass is 657 g/mol. The van der Waals surface area contributed by atoms with E-state index in [2.05, 4.69) is 20.3 Å². The third kappa shape index (κ3) is 7.53. The average Bonchev–Trinajstić information content (AvgIpc) is 3.57. The first kappa shape index (κ1) is 31.4. The standard InChI is InChI=1S/C30H30Cl3N7O4/c1-43-24-6-4-20(12-25(24)44-2)16-35-28(41)14-21-17-38(27-15-26(33)36-30(37-27)39-8-7-34-18-39)9-10-40(21)29(42)13-19-3-5-22(31)23(32)11-19/h3-8,11-12,15,18,21H,9-10,13-14,16-17H2,1-2H3,(H,35,41). The van der Waals surface area contributed by atoms with Crippen molar-refractivity contribution in [2.45, 2.75) is 25.4 Å². The summed E-state index contributed by atoms with van der Waals surface area (Å²) in [7, 11) is 3.12. The van der Waals surface area contributed by atoms with E-state index < -0.39 is 6.04 Å². The van der Waals surface area contributed by atoms with Gasteiger partial charge in [0.1, 0.15) is 17.3 Å². The SMILES string of the molecule is COc1ccc(CNC(=O)CC2CN(c3cc(Cl)nc(-n4ccnc4)n3)CCN2C(=O)Cc2ccc(Cl)c(Cl)c2)cc1OC. The number of ether oxygens (including phenoxy) is 2. The highest BCUT2D eigenvalue weighted by atomic mass is 35.5. The molecule has 4 aromatic rings. The van der Waals surface area contributed by atoms with E-state index in [4.69, 9.17) is 44.3 Å². The first-order chi connectivity index (χ1) is 21.2. The van der Waals surface area contributed by atoms with Crippen molar-refractivity contribution < 1.29 is 19.1 Å². The van der Waals surface area contributed by atoms with E-state index in [1.165, 1.54) is 0 Å². The molecule has 0 aliphatic carbocycles. The highest BCUT2D eigenvalue weighted by molar-refractivity contribution is 6.42. The third-order valence-electron chi connectivity index (χ3n) is 7.23. The number of imidazole rings is 1. The molecule has 0 bridgehead atoms. The second-order valence-electron chi connectivity index (χ2n) is 10.1. The lowest BCUT2D eigenvalue weighted by Gasteiger charge is -2.42. The second-order valence-corrected chi connectivity index (χ2v) is 11.3. The lowest BCUT2D eigenvalue weighted by molar-refractivity contribution is -0.134. The normalized spacial score (nSPS) is 14.8. The highest BCUT2D eigenvalue weighted by Crippen LogP contribution is 2.28. The number of carbonyl (C=O) groups excluding carboxylic acids is 2. The summed E-state index contributed by atoms with van der Waals surface area (Å²) in [6.07, 6.45) is 5.12. The maximum atomic E-state index is 13.6. The molecule has 1 fully saturated rings. The first-order valence-electron chi connectivity index (χ1n) is 13.7. The molecule has 2 amide bonds. The fourth-order valence-corrected chi connectivity index (χ4v) is 5.51. The molecule has 11 nitrogen and oxygen atoms in total. The zero-order chi connectivity index (χ0) is 31.2. The molecule has 1 N–H and O–H groups in total. The molecule has 2 aromatic heterocycles. The van der Waals surface area contributed by atoms with E-state index in [9.17, 15) is 9.59 Å². The summed E-state index contributed by atoms with van der Waals surface area (Å²) in [5.41, 5.74) is 1.58. The van der Waals surface area contributed by atoms with Gasteiger partial charge in [0.05, 0.1) is 36.7 Å². The molecule has 5 rings (SSSR count). The van der Waals surface area contributed by atoms with Gasteiger partial charge in [-0.15, -0.1) is 0 Å². The van der Waals surface area contributed by atoms with Crippen molar-refractivity contribution in [3.63, 3.8) is 0 Å². The molecule has 3 heterocycles. The molecule has 1 aliphatic rings. The minimum atomic E-state index is -0.449. The molecule has 0 saturated carbocycles. The number of aromatic nitrogens is 4. The van der Waals surface area contributed by atoms with Crippen LogP contribution in [0.1, 0.15) is 17.5 Å². The van der Waals surface area contributed by atoms with Crippen molar-refractivity contribution in [1.82, 2.24) is 29.7 Å². The van der Waals surface area contributed by atoms with Gasteiger partial charge in [0.2, 0.25) is 17.8 Å². The molecule has 44 heavy (non-hydrogen) atoms. The summed E-state index contributed by atoms with van der Waals surface area (Å²) in [5.74, 6) is 1.79. The van der Waals surface area contributed by atoms with Crippen molar-refractivity contribution in [1.29, 1.82) is 0 Å². The first-order valence-corrected chi connectivity index (χ1v) is 14.9. The van der Waals surface area contributed by atoms with E-state index >= 15 is 0 Å². The molecule has 1 aliphatic heterocycles. The second kappa shape index (κ2) is 14.1. The van der Waals surface area contributed by atoms with Crippen LogP contribution >= 0.6 is 34.8 Å². The van der Waals surface area contributed by atoms with Crippen molar-refractivity contribution in [3.05, 3.63) is 87.5 Å². The molecule has 14 heteroatoms. The number of rotatable bonds is 10. The number of carbonyl (C=O) groups is 2. The summed E-state index contributed by atoms with van der Waals surface area (Å²) >= 11 is 18.6. The maximum Gasteiger partial charge on any atom is 0.238 e. The van der Waals surface area contributed by atoms with Gasteiger partial charge in [-0.1, -0.05) is 46.9 Å². The van der Waals surface area contributed by atoms with E-state index in [0.29, 0.717) is 52.9 Å². The Bertz CT molecular complexity index is 1640. The van der Waals surface area contributed by atoms with Gasteiger partial charge in [0.25, 0.3) is 0 Å². The Kier molecular flexibility index (Phi) is 10.1. The molecular formula is C30H30Cl3N7O4. The Hall–Kier alpha value is -4.06. The largest absolute Gasteiger partial charge is 0.493 e. The quantitative estimate of drug-likeness (QED) is 0.246. The number of hydrogen-bond acceptors (Lipinski definition) is 8. The van der Waals surface area contributed by atoms with Gasteiger partial charge >= 0.3 is 0 Å². The Labute approximate surface area is 269 Å². The number of nitrogens with one attached hydrogen (secondary N) is 1. The smallest absolute Gasteiger partial charge is 0.238 e. The average molecular weight is 659 g/mol. The number of halogens is 3. The zero-order valence-corrected chi connectivity index (χ0v) is 26.3. The van der Waals surface area contributed by atoms with Crippen LogP contribution in [0.5, 0.6) is 11.5 Å². The molecule has 1 saturated heterocycles. The van der Waals surface area contributed by atoms with E-state index in [1.54, 1.807) is 72.7 Å². The van der Waals surface area contributed by atoms with Crippen LogP contribution in [0, 0.1) is 0 Å². The van der Waals surface area contributed by atoms with Crippen molar-refractivity contribution in [2.24, 2.45) is 0 Å². The molecule has 0 radical (unpaired) electrons. The zero-order valence-electron chi connectivity index (χ0n) is 24.0. The van der Waals surface area contributed by atoms with Crippen LogP contribution in [0.15, 0.2) is 61.2 Å². The van der Waals surface area contributed by atoms with Gasteiger partial charge in [0, 0.05) is 51.1 Å². The van der Waals surface area contributed by atoms with Crippen molar-refractivity contribution >= 4 is 52.4 Å². The fraction of sp³-hybridized carbons (Fsp3) is 0.300. The minimum absolute atomic E-state index is 0.0735. The Morgan fingerprint density at radius 3 is 2.48 bits per heavy atom. The van der Waals surface area contributed by atoms with Crippen LogP contribution in [0.25, 0.3) is 5.95 Å². The van der Waals surface area contributed by atoms with Gasteiger partial charge in [-0.2, -0.15) is 4.98 Å². The van der Waals surface area contributed by atoms with Crippen LogP contribution in [-0.4, -0.2) is 76.1 Å². The van der Waals surface area contributed by atoms with Crippen molar-refractivity contribution in [2.75, 3.05) is 38.8 Å². The highest BCUT2D eigenvalue weighted by Gasteiger charge is 2.33. The molecule has 1 atom stereocenters. The third-order valence-corrected chi connectivity index (χ3v) is 8.16. The Balaban J connectivity index is 1.34. The summed E-state index contributed by atoms with van der Waals surface area (Å²) in [6.45, 7) is 1.49. The van der Waals surface area contributed by atoms with E-state index in [-0.39, 0.29) is 36.4 Å². The van der Waals surface area contributed by atoms with Gasteiger partial charge in [-0.3, -0.25) is 14.2 Å². The molecule has 1 unspecified atom stereocenters. The van der Waals surface area contributed by atoms with Gasteiger partial charge in [0.15, 0.2) is 11.5 Å². The topological polar surface area (TPSA) is 115 Å². The summed E-state index contributed by atoms with van der Waals surface area (Å²) in [6, 6.07) is 11.8. The Morgan fingerprint density at radius 2 is 1.75 bits per heavy atom. The summed E-state index contributed by atoms with van der Waals surface area (Å²) in [5, 5.41) is 4.03. The molecule has 0 spiro atoms. The number of piperazine rings is 1. The number of methoxy groups -OCH3 is 2. The summed E-state index contributed by atoms with van der Waals surface area (Å²) in [4.78, 5) is 43.6. The van der Waals surface area contributed by atoms with E-state index in [1.807, 2.05) is 17.0 Å². The molecule has 2 aromatic carbocycles. The number of amides is 2. The predicted octanol–water partition coefficient (Wildman–Crippen LogP) is 4.61. The summed E-state index contributed by atoms with van der Waals surface area (Å²) < 4.78 is 12.3. The number of hydrogen-bond donors (Lipinski definition) is 1. The predicted molar refractivity (Wildman–Crippen MR) is 168 cm³/mol. The van der Waals surface area contributed by atoms with Crippen LogP contribution in [0.3, 0.4) is 0 Å². The maximum absolute atomic E-state index is 13.6. The van der Waals surface area contributed by atoms with Gasteiger partial charge in [-0.25, -0.2) is 9.97 Å². The van der Waals surface area contributed by atoms with Crippen LogP contribution in [-0.2, 0) is 22.6 Å². The number of nitrogens with zero attached hydrogens (tertiary/aromatic N) is 6. The number of anilines is 1. The lowest BCUT2D eigenvalue weighted by Crippen LogP contribution is -2.57. The molecular weight excluding hydrogens is 629 g/mol. The van der Waals surface area contributed by atoms with E-state index in [0.717, 1.165) is 11.1 Å². The number of benzene rings is 2. The molecule has 230 valence electrons. The van der Waals surface area contributed by atoms with Crippen molar-refractivity contribution in [3.8, 4) is 17.4 Å². The van der Waals surface area contributed by atoms with Crippen LogP contribution < -0.4 is 19.7 Å². The fourth-order valence-electron chi connectivity index (χ4n) is 5.02. The van der Waals surface area contributed by atoms with Crippen LogP contribution in [0.4, 0.5) is 5.82 Å². The minimum Gasteiger partial charge on any atom is -0.493 e.